The van der Waals surface area contributed by atoms with Gasteiger partial charge in [-0.25, -0.2) is 15.0 Å². The highest BCUT2D eigenvalue weighted by molar-refractivity contribution is 6.26. The molecule has 0 saturated heterocycles. The molecular weight excluding hydrogens is 759 g/mol. The smallest absolute Gasteiger partial charge is 0.164 e. The van der Waals surface area contributed by atoms with Gasteiger partial charge in [0.1, 0.15) is 0 Å². The van der Waals surface area contributed by atoms with Gasteiger partial charge in [0.05, 0.1) is 27.8 Å². The minimum atomic E-state index is 0.590. The minimum Gasteiger partial charge on any atom is -0.387 e. The van der Waals surface area contributed by atoms with Gasteiger partial charge in [-0.15, -0.1) is 0 Å². The molecule has 11 aromatic rings. The van der Waals surface area contributed by atoms with Crippen LogP contribution in [-0.4, -0.2) is 35.6 Å². The lowest BCUT2D eigenvalue weighted by Gasteiger charge is -2.21. The molecule has 0 spiro atoms. The van der Waals surface area contributed by atoms with Crippen molar-refractivity contribution in [1.29, 1.82) is 0 Å². The lowest BCUT2D eigenvalue weighted by Crippen LogP contribution is -2.10. The number of aromatic nitrogens is 6. The fourth-order valence-electron chi connectivity index (χ4n) is 9.16. The second kappa shape index (κ2) is 14.7. The maximum atomic E-state index is 5.21. The standard InChI is InChI=1S/C55H37N7/c1-4-14-36(15-5-1)45-34-40(55-59-53(38-26-30-56-31-27-38)58-54(60-55)39-28-32-57-33-29-39)35-46(37-16-6-2-7-17-37)51(45)62-48-23-13-11-21-44(48)50-49(62)25-24-43-42-20-10-12-22-47(42)61(52(43)50)41-18-8-3-9-19-41/h1-32,34-35,57H,33H2. The Morgan fingerprint density at radius 2 is 1.03 bits per heavy atom. The maximum Gasteiger partial charge on any atom is 0.164 e. The molecule has 5 heterocycles. The topological polar surface area (TPSA) is 73.5 Å². The summed E-state index contributed by atoms with van der Waals surface area (Å²) in [5.74, 6) is 1.80. The molecule has 1 aliphatic heterocycles. The molecule has 62 heavy (non-hydrogen) atoms. The van der Waals surface area contributed by atoms with Crippen LogP contribution in [0.4, 0.5) is 0 Å². The van der Waals surface area contributed by atoms with Crippen molar-refractivity contribution in [3.05, 3.63) is 212 Å². The van der Waals surface area contributed by atoms with E-state index >= 15 is 0 Å². The molecule has 4 aromatic heterocycles. The summed E-state index contributed by atoms with van der Waals surface area (Å²) >= 11 is 0. The number of allylic oxidation sites excluding steroid dienone is 2. The van der Waals surface area contributed by atoms with Crippen LogP contribution in [0.15, 0.2) is 207 Å². The van der Waals surface area contributed by atoms with E-state index in [2.05, 4.69) is 189 Å². The third-order valence-electron chi connectivity index (χ3n) is 11.9. The Kier molecular flexibility index (Phi) is 8.42. The molecule has 1 N–H and O–H groups in total. The number of para-hydroxylation sites is 3. The summed E-state index contributed by atoms with van der Waals surface area (Å²) in [5.41, 5.74) is 13.8. The summed E-state index contributed by atoms with van der Waals surface area (Å²) in [6.45, 7) is 0.694. The van der Waals surface area contributed by atoms with E-state index in [0.29, 0.717) is 24.0 Å². The Morgan fingerprint density at radius 1 is 0.452 bits per heavy atom. The van der Waals surface area contributed by atoms with Gasteiger partial charge in [-0.3, -0.25) is 4.98 Å². The van der Waals surface area contributed by atoms with Gasteiger partial charge in [0.25, 0.3) is 0 Å². The van der Waals surface area contributed by atoms with Crippen molar-refractivity contribution in [3.63, 3.8) is 0 Å². The van der Waals surface area contributed by atoms with Gasteiger partial charge in [-0.1, -0.05) is 127 Å². The third kappa shape index (κ3) is 5.82. The van der Waals surface area contributed by atoms with Crippen LogP contribution in [0.1, 0.15) is 5.82 Å². The molecule has 0 fully saturated rings. The number of rotatable bonds is 7. The van der Waals surface area contributed by atoms with E-state index in [4.69, 9.17) is 15.0 Å². The molecule has 292 valence electrons. The van der Waals surface area contributed by atoms with Gasteiger partial charge < -0.3 is 14.5 Å². The lowest BCUT2D eigenvalue weighted by molar-refractivity contribution is 0.964. The molecule has 0 saturated carbocycles. The predicted molar refractivity (Wildman–Crippen MR) is 253 cm³/mol. The highest BCUT2D eigenvalue weighted by Gasteiger charge is 2.25. The molecular formula is C55H37N7. The van der Waals surface area contributed by atoms with E-state index in [0.717, 1.165) is 61.4 Å². The Bertz CT molecular complexity index is 3490. The van der Waals surface area contributed by atoms with Gasteiger partial charge in [0.15, 0.2) is 17.5 Å². The van der Waals surface area contributed by atoms with Crippen molar-refractivity contribution in [2.75, 3.05) is 6.54 Å². The highest BCUT2D eigenvalue weighted by atomic mass is 15.0. The summed E-state index contributed by atoms with van der Waals surface area (Å²) in [5, 5.41) is 8.09. The van der Waals surface area contributed by atoms with Gasteiger partial charge in [0.2, 0.25) is 0 Å². The van der Waals surface area contributed by atoms with Crippen molar-refractivity contribution >= 4 is 49.2 Å². The molecule has 7 aromatic carbocycles. The van der Waals surface area contributed by atoms with Gasteiger partial charge in [-0.2, -0.15) is 0 Å². The van der Waals surface area contributed by atoms with Crippen LogP contribution in [0.5, 0.6) is 0 Å². The average molecular weight is 796 g/mol. The third-order valence-corrected chi connectivity index (χ3v) is 11.9. The van der Waals surface area contributed by atoms with Crippen LogP contribution in [0.2, 0.25) is 0 Å². The molecule has 0 amide bonds. The first-order chi connectivity index (χ1) is 30.8. The van der Waals surface area contributed by atoms with Crippen LogP contribution in [-0.2, 0) is 0 Å². The van der Waals surface area contributed by atoms with Crippen LogP contribution >= 0.6 is 0 Å². The van der Waals surface area contributed by atoms with Crippen LogP contribution in [0.25, 0.3) is 106 Å². The first-order valence-electron chi connectivity index (χ1n) is 20.9. The number of pyridine rings is 1. The van der Waals surface area contributed by atoms with Crippen molar-refractivity contribution in [1.82, 2.24) is 34.4 Å². The second-order valence-electron chi connectivity index (χ2n) is 15.5. The summed E-state index contributed by atoms with van der Waals surface area (Å²) < 4.78 is 4.92. The fourth-order valence-corrected chi connectivity index (χ4v) is 9.16. The van der Waals surface area contributed by atoms with Gasteiger partial charge in [-0.05, 0) is 78.0 Å². The van der Waals surface area contributed by atoms with Crippen molar-refractivity contribution in [2.45, 2.75) is 0 Å². The van der Waals surface area contributed by atoms with E-state index < -0.39 is 0 Å². The summed E-state index contributed by atoms with van der Waals surface area (Å²) in [6.07, 6.45) is 9.62. The first kappa shape index (κ1) is 35.5. The average Bonchev–Trinajstić information content (AvgIpc) is 3.87. The minimum absolute atomic E-state index is 0.590. The van der Waals surface area contributed by atoms with Crippen LogP contribution < -0.4 is 5.32 Å². The zero-order valence-electron chi connectivity index (χ0n) is 33.5. The van der Waals surface area contributed by atoms with E-state index in [1.807, 2.05) is 24.4 Å². The highest BCUT2D eigenvalue weighted by Crippen LogP contribution is 2.46. The SMILES string of the molecule is C1=CC(c2nc(-c3ccncc3)nc(-c3cc(-c4ccccc4)c(-n4c5ccccc5c5c4ccc4c6ccccc6n(-c6ccccc6)c45)c(-c4ccccc4)c3)n2)=CCN1. The number of dihydropyridines is 1. The van der Waals surface area contributed by atoms with Crippen LogP contribution in [0.3, 0.4) is 0 Å². The zero-order chi connectivity index (χ0) is 41.0. The van der Waals surface area contributed by atoms with E-state index in [1.165, 1.54) is 32.6 Å². The second-order valence-corrected chi connectivity index (χ2v) is 15.5. The van der Waals surface area contributed by atoms with E-state index in [9.17, 15) is 0 Å². The summed E-state index contributed by atoms with van der Waals surface area (Å²) in [4.78, 5) is 19.7. The Balaban J connectivity index is 1.21. The largest absolute Gasteiger partial charge is 0.387 e. The summed E-state index contributed by atoms with van der Waals surface area (Å²) in [7, 11) is 0. The Morgan fingerprint density at radius 3 is 1.69 bits per heavy atom. The Labute approximate surface area is 357 Å². The molecule has 0 atom stereocenters. The quantitative estimate of drug-likeness (QED) is 0.174. The van der Waals surface area contributed by atoms with Crippen LogP contribution in [0, 0.1) is 0 Å². The molecule has 7 heteroatoms. The number of benzene rings is 7. The zero-order valence-corrected chi connectivity index (χ0v) is 33.5. The van der Waals surface area contributed by atoms with E-state index in [1.54, 1.807) is 12.4 Å². The summed E-state index contributed by atoms with van der Waals surface area (Å²) in [6, 6.07) is 62.7. The molecule has 12 rings (SSSR count). The molecule has 1 aliphatic rings. The van der Waals surface area contributed by atoms with Crippen molar-refractivity contribution < 1.29 is 0 Å². The number of nitrogens with zero attached hydrogens (tertiary/aromatic N) is 6. The molecule has 0 unspecified atom stereocenters. The number of nitrogens with one attached hydrogen (secondary N) is 1. The number of hydrogen-bond acceptors (Lipinski definition) is 5. The molecule has 7 nitrogen and oxygen atoms in total. The molecule has 0 bridgehead atoms. The maximum absolute atomic E-state index is 5.21. The number of fused-ring (bicyclic) bond motifs is 7. The fraction of sp³-hybridized carbons (Fsp3) is 0.0182. The normalized spacial score (nSPS) is 12.6. The molecule has 0 radical (unpaired) electrons. The lowest BCUT2D eigenvalue weighted by atomic mass is 9.92. The van der Waals surface area contributed by atoms with Crippen molar-refractivity contribution in [2.24, 2.45) is 0 Å². The Hall–Kier alpha value is -8.42. The number of hydrogen-bond donors (Lipinski definition) is 1. The first-order valence-corrected chi connectivity index (χ1v) is 20.9. The van der Waals surface area contributed by atoms with Gasteiger partial charge in [0, 0.05) is 74.0 Å². The van der Waals surface area contributed by atoms with Crippen molar-refractivity contribution in [3.8, 4) is 56.4 Å². The molecule has 0 aliphatic carbocycles. The van der Waals surface area contributed by atoms with Gasteiger partial charge >= 0.3 is 0 Å². The van der Waals surface area contributed by atoms with E-state index in [-0.39, 0.29) is 0 Å². The monoisotopic (exact) mass is 795 g/mol. The predicted octanol–water partition coefficient (Wildman–Crippen LogP) is 12.6.